The van der Waals surface area contributed by atoms with Crippen LogP contribution in [0.1, 0.15) is 54.6 Å². The number of amides is 1. The Morgan fingerprint density at radius 3 is 2.74 bits per heavy atom. The molecule has 1 aliphatic rings. The minimum absolute atomic E-state index is 0.175. The molecule has 1 saturated carbocycles. The number of aromatic nitrogens is 3. The van der Waals surface area contributed by atoms with E-state index in [4.69, 9.17) is 0 Å². The van der Waals surface area contributed by atoms with Crippen molar-refractivity contribution in [3.8, 4) is 0 Å². The summed E-state index contributed by atoms with van der Waals surface area (Å²) < 4.78 is 1.66. The fraction of sp³-hybridized carbons (Fsp3) is 0.588. The summed E-state index contributed by atoms with van der Waals surface area (Å²) in [5, 5.41) is 18.5. The third-order valence-corrected chi connectivity index (χ3v) is 4.69. The predicted octanol–water partition coefficient (Wildman–Crippen LogP) is 2.09. The maximum atomic E-state index is 12.6. The van der Waals surface area contributed by atoms with E-state index < -0.39 is 5.60 Å². The molecule has 2 N–H and O–H groups in total. The van der Waals surface area contributed by atoms with Gasteiger partial charge in [-0.1, -0.05) is 25.7 Å². The molecule has 2 aromatic heterocycles. The van der Waals surface area contributed by atoms with Crippen LogP contribution < -0.4 is 5.32 Å². The highest BCUT2D eigenvalue weighted by atomic mass is 16.3. The SMILES string of the molecule is Cc1cc(C(=O)NCC2(O)CCCCCC2)c2cnn(C)c2n1. The Labute approximate surface area is 135 Å². The minimum Gasteiger partial charge on any atom is -0.388 e. The molecule has 0 aromatic carbocycles. The second-order valence-electron chi connectivity index (χ2n) is 6.64. The smallest absolute Gasteiger partial charge is 0.252 e. The first kappa shape index (κ1) is 15.9. The average Bonchev–Trinajstić information content (AvgIpc) is 2.75. The van der Waals surface area contributed by atoms with Crippen LogP contribution in [0.4, 0.5) is 0 Å². The summed E-state index contributed by atoms with van der Waals surface area (Å²) in [5.41, 5.74) is 1.27. The molecule has 2 heterocycles. The van der Waals surface area contributed by atoms with Crippen molar-refractivity contribution in [1.82, 2.24) is 20.1 Å². The van der Waals surface area contributed by atoms with Gasteiger partial charge in [0.1, 0.15) is 0 Å². The van der Waals surface area contributed by atoms with E-state index in [2.05, 4.69) is 15.4 Å². The van der Waals surface area contributed by atoms with Crippen molar-refractivity contribution >= 4 is 16.9 Å². The van der Waals surface area contributed by atoms with Crippen molar-refractivity contribution in [3.05, 3.63) is 23.5 Å². The van der Waals surface area contributed by atoms with Crippen LogP contribution in [0.5, 0.6) is 0 Å². The van der Waals surface area contributed by atoms with Gasteiger partial charge in [-0.25, -0.2) is 4.98 Å². The van der Waals surface area contributed by atoms with E-state index in [-0.39, 0.29) is 5.91 Å². The molecular formula is C17H24N4O2. The van der Waals surface area contributed by atoms with Gasteiger partial charge in [0.05, 0.1) is 22.7 Å². The summed E-state index contributed by atoms with van der Waals surface area (Å²) >= 11 is 0. The molecule has 0 atom stereocenters. The van der Waals surface area contributed by atoms with Crippen LogP contribution in [0.25, 0.3) is 11.0 Å². The summed E-state index contributed by atoms with van der Waals surface area (Å²) in [6, 6.07) is 1.77. The fourth-order valence-corrected chi connectivity index (χ4v) is 3.33. The van der Waals surface area contributed by atoms with Gasteiger partial charge in [0.25, 0.3) is 5.91 Å². The molecule has 6 nitrogen and oxygen atoms in total. The Morgan fingerprint density at radius 2 is 2.04 bits per heavy atom. The highest BCUT2D eigenvalue weighted by Gasteiger charge is 2.28. The van der Waals surface area contributed by atoms with E-state index in [1.54, 1.807) is 16.9 Å². The van der Waals surface area contributed by atoms with Crippen LogP contribution in [0.15, 0.2) is 12.3 Å². The number of hydrogen-bond acceptors (Lipinski definition) is 4. The quantitative estimate of drug-likeness (QED) is 0.850. The largest absolute Gasteiger partial charge is 0.388 e. The second-order valence-corrected chi connectivity index (χ2v) is 6.64. The van der Waals surface area contributed by atoms with Crippen molar-refractivity contribution < 1.29 is 9.90 Å². The molecule has 0 bridgehead atoms. The van der Waals surface area contributed by atoms with Gasteiger partial charge >= 0.3 is 0 Å². The lowest BCUT2D eigenvalue weighted by Gasteiger charge is -2.26. The van der Waals surface area contributed by atoms with Crippen LogP contribution in [-0.4, -0.2) is 37.9 Å². The van der Waals surface area contributed by atoms with Crippen molar-refractivity contribution in [3.63, 3.8) is 0 Å². The predicted molar refractivity (Wildman–Crippen MR) is 88.2 cm³/mol. The van der Waals surface area contributed by atoms with Crippen LogP contribution in [-0.2, 0) is 7.05 Å². The van der Waals surface area contributed by atoms with Crippen molar-refractivity contribution in [2.45, 2.75) is 51.0 Å². The molecule has 1 fully saturated rings. The van der Waals surface area contributed by atoms with Crippen LogP contribution in [0.2, 0.25) is 0 Å². The number of pyridine rings is 1. The molecule has 23 heavy (non-hydrogen) atoms. The Balaban J connectivity index is 1.78. The van der Waals surface area contributed by atoms with Crippen molar-refractivity contribution in [2.24, 2.45) is 7.05 Å². The molecule has 0 spiro atoms. The van der Waals surface area contributed by atoms with E-state index in [9.17, 15) is 9.90 Å². The van der Waals surface area contributed by atoms with Crippen molar-refractivity contribution in [2.75, 3.05) is 6.54 Å². The maximum Gasteiger partial charge on any atom is 0.252 e. The molecule has 0 unspecified atom stereocenters. The number of fused-ring (bicyclic) bond motifs is 1. The topological polar surface area (TPSA) is 80.0 Å². The minimum atomic E-state index is -0.776. The summed E-state index contributed by atoms with van der Waals surface area (Å²) in [4.78, 5) is 17.0. The molecular weight excluding hydrogens is 292 g/mol. The summed E-state index contributed by atoms with van der Waals surface area (Å²) in [5.74, 6) is -0.175. The highest BCUT2D eigenvalue weighted by Crippen LogP contribution is 2.26. The molecule has 0 saturated heterocycles. The molecule has 1 amide bonds. The molecule has 3 rings (SSSR count). The third-order valence-electron chi connectivity index (χ3n) is 4.69. The van der Waals surface area contributed by atoms with Gasteiger partial charge in [-0.15, -0.1) is 0 Å². The molecule has 2 aromatic rings. The zero-order valence-electron chi connectivity index (χ0n) is 13.8. The van der Waals surface area contributed by atoms with Gasteiger partial charge in [-0.05, 0) is 25.8 Å². The Kier molecular flexibility index (Phi) is 4.35. The first-order chi connectivity index (χ1) is 11.0. The zero-order valence-corrected chi connectivity index (χ0v) is 13.8. The Hall–Kier alpha value is -1.95. The fourth-order valence-electron chi connectivity index (χ4n) is 3.33. The lowest BCUT2D eigenvalue weighted by atomic mass is 9.94. The lowest BCUT2D eigenvalue weighted by Crippen LogP contribution is -2.42. The maximum absolute atomic E-state index is 12.6. The summed E-state index contributed by atoms with van der Waals surface area (Å²) in [6.07, 6.45) is 7.54. The number of carbonyl (C=O) groups is 1. The van der Waals surface area contributed by atoms with E-state index in [0.717, 1.165) is 49.6 Å². The van der Waals surface area contributed by atoms with Gasteiger partial charge in [0, 0.05) is 19.3 Å². The molecule has 124 valence electrons. The molecule has 0 aliphatic heterocycles. The summed E-state index contributed by atoms with van der Waals surface area (Å²) in [7, 11) is 1.81. The number of hydrogen-bond donors (Lipinski definition) is 2. The Bertz CT molecular complexity index is 715. The van der Waals surface area contributed by atoms with E-state index in [0.29, 0.717) is 17.8 Å². The van der Waals surface area contributed by atoms with E-state index >= 15 is 0 Å². The van der Waals surface area contributed by atoms with Gasteiger partial charge in [-0.2, -0.15) is 5.10 Å². The first-order valence-electron chi connectivity index (χ1n) is 8.28. The number of aryl methyl sites for hydroxylation is 2. The van der Waals surface area contributed by atoms with E-state index in [1.165, 1.54) is 0 Å². The van der Waals surface area contributed by atoms with Gasteiger partial charge in [-0.3, -0.25) is 9.48 Å². The second kappa shape index (κ2) is 6.28. The molecule has 1 aliphatic carbocycles. The lowest BCUT2D eigenvalue weighted by molar-refractivity contribution is 0.0246. The standard InChI is InChI=1S/C17H24N4O2/c1-12-9-13(14-10-19-21(2)15(14)20-12)16(22)18-11-17(23)7-5-3-4-6-8-17/h9-10,23H,3-8,11H2,1-2H3,(H,18,22). The van der Waals surface area contributed by atoms with Crippen LogP contribution in [0.3, 0.4) is 0 Å². The molecule has 0 radical (unpaired) electrons. The van der Waals surface area contributed by atoms with E-state index in [1.807, 2.05) is 14.0 Å². The van der Waals surface area contributed by atoms with Crippen molar-refractivity contribution in [1.29, 1.82) is 0 Å². The number of carbonyl (C=O) groups excluding carboxylic acids is 1. The van der Waals surface area contributed by atoms with Gasteiger partial charge in [0.15, 0.2) is 5.65 Å². The zero-order chi connectivity index (χ0) is 16.4. The number of nitrogens with one attached hydrogen (secondary N) is 1. The number of aliphatic hydroxyl groups is 1. The van der Waals surface area contributed by atoms with Gasteiger partial charge < -0.3 is 10.4 Å². The van der Waals surface area contributed by atoms with Crippen LogP contribution >= 0.6 is 0 Å². The van der Waals surface area contributed by atoms with Gasteiger partial charge in [0.2, 0.25) is 0 Å². The third kappa shape index (κ3) is 3.37. The monoisotopic (exact) mass is 316 g/mol. The van der Waals surface area contributed by atoms with Crippen LogP contribution in [0, 0.1) is 6.92 Å². The Morgan fingerprint density at radius 1 is 1.35 bits per heavy atom. The normalized spacial score (nSPS) is 17.9. The average molecular weight is 316 g/mol. The first-order valence-corrected chi connectivity index (χ1v) is 8.28. The summed E-state index contributed by atoms with van der Waals surface area (Å²) in [6.45, 7) is 2.16. The highest BCUT2D eigenvalue weighted by molar-refractivity contribution is 6.05. The number of rotatable bonds is 3. The number of nitrogens with zero attached hydrogens (tertiary/aromatic N) is 3. The molecule has 6 heteroatoms.